The van der Waals surface area contributed by atoms with E-state index in [1.165, 1.54) is 23.5 Å². The average Bonchev–Trinajstić information content (AvgIpc) is 3.53. The SMILES string of the molecule is CCC(C)(C)c1cnc(CSc2cnc(NC(=O)C3CCN(Cc4ccc([N+](=O)[O-])cc4)CC3)s2)o1. The highest BCUT2D eigenvalue weighted by molar-refractivity contribution is 8.00. The maximum Gasteiger partial charge on any atom is 0.269 e. The van der Waals surface area contributed by atoms with Crippen molar-refractivity contribution >= 4 is 39.8 Å². The van der Waals surface area contributed by atoms with Gasteiger partial charge in [0.25, 0.3) is 5.69 Å². The van der Waals surface area contributed by atoms with Crippen LogP contribution in [-0.4, -0.2) is 38.8 Å². The number of nitrogens with zero attached hydrogens (tertiary/aromatic N) is 4. The number of aromatic nitrogens is 2. The summed E-state index contributed by atoms with van der Waals surface area (Å²) < 4.78 is 6.92. The van der Waals surface area contributed by atoms with E-state index in [4.69, 9.17) is 4.42 Å². The number of likely N-dealkylation sites (tertiary alicyclic amines) is 1. The van der Waals surface area contributed by atoms with Crippen molar-refractivity contribution < 1.29 is 14.1 Å². The van der Waals surface area contributed by atoms with Gasteiger partial charge >= 0.3 is 0 Å². The van der Waals surface area contributed by atoms with Gasteiger partial charge in [-0.25, -0.2) is 9.97 Å². The molecule has 0 bridgehead atoms. The van der Waals surface area contributed by atoms with Gasteiger partial charge in [-0.2, -0.15) is 0 Å². The fraction of sp³-hybridized carbons (Fsp3) is 0.480. The van der Waals surface area contributed by atoms with Crippen LogP contribution in [-0.2, 0) is 22.5 Å². The molecule has 36 heavy (non-hydrogen) atoms. The van der Waals surface area contributed by atoms with E-state index in [1.807, 2.05) is 6.20 Å². The van der Waals surface area contributed by atoms with E-state index in [9.17, 15) is 14.9 Å². The second-order valence-electron chi connectivity index (χ2n) is 9.59. The molecular weight excluding hydrogens is 498 g/mol. The van der Waals surface area contributed by atoms with E-state index < -0.39 is 4.92 Å². The normalized spacial score (nSPS) is 15.2. The van der Waals surface area contributed by atoms with Gasteiger partial charge in [0.05, 0.1) is 27.3 Å². The van der Waals surface area contributed by atoms with E-state index in [2.05, 4.69) is 41.0 Å². The summed E-state index contributed by atoms with van der Waals surface area (Å²) in [5.41, 5.74) is 1.10. The van der Waals surface area contributed by atoms with Crippen LogP contribution in [0.3, 0.4) is 0 Å². The first kappa shape index (κ1) is 26.3. The number of benzene rings is 1. The van der Waals surface area contributed by atoms with Crippen molar-refractivity contribution in [2.45, 2.75) is 62.0 Å². The van der Waals surface area contributed by atoms with Gasteiger partial charge in [0.1, 0.15) is 5.76 Å². The molecule has 1 amide bonds. The van der Waals surface area contributed by atoms with Crippen molar-refractivity contribution in [3.05, 3.63) is 64.0 Å². The van der Waals surface area contributed by atoms with Crippen LogP contribution in [0.5, 0.6) is 0 Å². The molecule has 0 radical (unpaired) electrons. The van der Waals surface area contributed by atoms with Crippen LogP contribution in [0.1, 0.15) is 57.2 Å². The Morgan fingerprint density at radius 1 is 1.25 bits per heavy atom. The third kappa shape index (κ3) is 6.71. The van der Waals surface area contributed by atoms with Crippen LogP contribution in [0.2, 0.25) is 0 Å². The highest BCUT2D eigenvalue weighted by Gasteiger charge is 2.26. The number of non-ortho nitro benzene ring substituents is 1. The summed E-state index contributed by atoms with van der Waals surface area (Å²) in [5, 5.41) is 14.4. The molecule has 1 saturated heterocycles. The van der Waals surface area contributed by atoms with Crippen LogP contribution in [0.4, 0.5) is 10.8 Å². The highest BCUT2D eigenvalue weighted by atomic mass is 32.2. The zero-order chi connectivity index (χ0) is 25.7. The van der Waals surface area contributed by atoms with Gasteiger partial charge in [0.15, 0.2) is 5.13 Å². The quantitative estimate of drug-likeness (QED) is 0.197. The van der Waals surface area contributed by atoms with Gasteiger partial charge < -0.3 is 9.73 Å². The largest absolute Gasteiger partial charge is 0.444 e. The molecule has 9 nitrogen and oxygen atoms in total. The Labute approximate surface area is 218 Å². The number of thioether (sulfide) groups is 1. The number of piperidine rings is 1. The Morgan fingerprint density at radius 3 is 2.64 bits per heavy atom. The van der Waals surface area contributed by atoms with Crippen molar-refractivity contribution in [3.63, 3.8) is 0 Å². The van der Waals surface area contributed by atoms with Crippen molar-refractivity contribution in [3.8, 4) is 0 Å². The average molecular weight is 530 g/mol. The minimum absolute atomic E-state index is 0.00928. The van der Waals surface area contributed by atoms with Crippen LogP contribution >= 0.6 is 23.1 Å². The molecule has 192 valence electrons. The molecule has 0 aliphatic carbocycles. The molecule has 3 heterocycles. The molecule has 1 fully saturated rings. The third-order valence-corrected chi connectivity index (χ3v) is 8.76. The first-order chi connectivity index (χ1) is 17.2. The monoisotopic (exact) mass is 529 g/mol. The lowest BCUT2D eigenvalue weighted by atomic mass is 9.88. The Balaban J connectivity index is 1.21. The first-order valence-corrected chi connectivity index (χ1v) is 13.8. The van der Waals surface area contributed by atoms with E-state index in [0.717, 1.165) is 54.4 Å². The molecule has 1 N–H and O–H groups in total. The molecule has 0 atom stereocenters. The number of thiazole rings is 1. The van der Waals surface area contributed by atoms with Gasteiger partial charge in [0.2, 0.25) is 11.8 Å². The van der Waals surface area contributed by atoms with Crippen LogP contribution < -0.4 is 5.32 Å². The van der Waals surface area contributed by atoms with Crippen LogP contribution in [0.25, 0.3) is 0 Å². The standard InChI is InChI=1S/C25H31N5O4S2/c1-4-25(2,3)20-13-26-21(34-20)16-35-22-14-27-24(36-22)28-23(31)18-9-11-29(12-10-18)15-17-5-7-19(8-6-17)30(32)33/h5-8,13-14,18H,4,9-12,15-16H2,1-3H3,(H,27,28,31). The van der Waals surface area contributed by atoms with E-state index in [-0.39, 0.29) is 22.9 Å². The smallest absolute Gasteiger partial charge is 0.269 e. The van der Waals surface area contributed by atoms with Gasteiger partial charge in [0, 0.05) is 30.0 Å². The summed E-state index contributed by atoms with van der Waals surface area (Å²) in [5.74, 6) is 2.16. The molecule has 1 aliphatic rings. The number of oxazole rings is 1. The molecule has 0 saturated carbocycles. The van der Waals surface area contributed by atoms with Crippen molar-refractivity contribution in [2.24, 2.45) is 5.92 Å². The first-order valence-electron chi connectivity index (χ1n) is 12.0. The van der Waals surface area contributed by atoms with Gasteiger partial charge in [-0.05, 0) is 37.9 Å². The lowest BCUT2D eigenvalue weighted by molar-refractivity contribution is -0.384. The maximum atomic E-state index is 12.8. The zero-order valence-corrected chi connectivity index (χ0v) is 22.4. The summed E-state index contributed by atoms with van der Waals surface area (Å²) in [6.07, 6.45) is 6.11. The van der Waals surface area contributed by atoms with Crippen molar-refractivity contribution in [1.29, 1.82) is 0 Å². The second-order valence-corrected chi connectivity index (χ2v) is 11.9. The second kappa shape index (κ2) is 11.5. The lowest BCUT2D eigenvalue weighted by Crippen LogP contribution is -2.37. The molecule has 3 aromatic rings. The molecule has 1 aliphatic heterocycles. The zero-order valence-electron chi connectivity index (χ0n) is 20.7. The number of carbonyl (C=O) groups excluding carboxylic acids is 1. The van der Waals surface area contributed by atoms with Crippen LogP contribution in [0, 0.1) is 16.0 Å². The van der Waals surface area contributed by atoms with Gasteiger partial charge in [-0.1, -0.05) is 44.2 Å². The number of carbonyl (C=O) groups is 1. The summed E-state index contributed by atoms with van der Waals surface area (Å²) in [4.78, 5) is 34.3. The number of nitro groups is 1. The Kier molecular flexibility index (Phi) is 8.43. The summed E-state index contributed by atoms with van der Waals surface area (Å²) in [6, 6.07) is 6.65. The summed E-state index contributed by atoms with van der Waals surface area (Å²) in [7, 11) is 0. The van der Waals surface area contributed by atoms with E-state index >= 15 is 0 Å². The van der Waals surface area contributed by atoms with E-state index in [0.29, 0.717) is 16.8 Å². The van der Waals surface area contributed by atoms with Gasteiger partial charge in [-0.15, -0.1) is 11.8 Å². The third-order valence-electron chi connectivity index (χ3n) is 6.67. The van der Waals surface area contributed by atoms with Crippen LogP contribution in [0.15, 0.2) is 45.3 Å². The summed E-state index contributed by atoms with van der Waals surface area (Å²) >= 11 is 3.06. The van der Waals surface area contributed by atoms with Crippen molar-refractivity contribution in [1.82, 2.24) is 14.9 Å². The maximum absolute atomic E-state index is 12.8. The number of nitro benzene ring substituents is 1. The molecule has 11 heteroatoms. The topological polar surface area (TPSA) is 114 Å². The molecule has 4 rings (SSSR count). The predicted molar refractivity (Wildman–Crippen MR) is 141 cm³/mol. The lowest BCUT2D eigenvalue weighted by Gasteiger charge is -2.31. The summed E-state index contributed by atoms with van der Waals surface area (Å²) in [6.45, 7) is 8.76. The van der Waals surface area contributed by atoms with Crippen molar-refractivity contribution in [2.75, 3.05) is 18.4 Å². The number of hydrogen-bond donors (Lipinski definition) is 1. The highest BCUT2D eigenvalue weighted by Crippen LogP contribution is 2.33. The Morgan fingerprint density at radius 2 is 1.97 bits per heavy atom. The molecule has 1 aromatic carbocycles. The molecule has 0 unspecified atom stereocenters. The number of rotatable bonds is 10. The molecule has 2 aromatic heterocycles. The number of nitrogens with one attached hydrogen (secondary N) is 1. The number of anilines is 1. The van der Waals surface area contributed by atoms with Gasteiger partial charge in [-0.3, -0.25) is 19.8 Å². The Hall–Kier alpha value is -2.76. The minimum atomic E-state index is -0.391. The van der Waals surface area contributed by atoms with E-state index in [1.54, 1.807) is 30.1 Å². The number of hydrogen-bond acceptors (Lipinski definition) is 9. The fourth-order valence-electron chi connectivity index (χ4n) is 3.92. The predicted octanol–water partition coefficient (Wildman–Crippen LogP) is 5.87. The molecular formula is C25H31N5O4S2. The Bertz CT molecular complexity index is 1180. The minimum Gasteiger partial charge on any atom is -0.444 e. The molecule has 0 spiro atoms. The number of amides is 1. The fourth-order valence-corrected chi connectivity index (χ4v) is 5.65.